The minimum absolute atomic E-state index is 0.0991. The van der Waals surface area contributed by atoms with Gasteiger partial charge in [0.1, 0.15) is 11.7 Å². The van der Waals surface area contributed by atoms with Crippen molar-refractivity contribution in [2.75, 3.05) is 7.11 Å². The van der Waals surface area contributed by atoms with Crippen LogP contribution in [0.4, 0.5) is 4.39 Å². The van der Waals surface area contributed by atoms with Crippen LogP contribution in [0.2, 0.25) is 0 Å². The van der Waals surface area contributed by atoms with Gasteiger partial charge >= 0.3 is 5.97 Å². The SMILES string of the molecule is CC.COC(=O)C(CC(C)(C)F)NC(=O)C(C)C. The Bertz CT molecular complexity index is 259. The van der Waals surface area contributed by atoms with E-state index in [9.17, 15) is 14.0 Å². The van der Waals surface area contributed by atoms with Crippen molar-refractivity contribution >= 4 is 11.9 Å². The van der Waals surface area contributed by atoms with E-state index in [1.807, 2.05) is 13.8 Å². The Hall–Kier alpha value is -1.13. The number of hydrogen-bond acceptors (Lipinski definition) is 3. The van der Waals surface area contributed by atoms with Gasteiger partial charge in [-0.15, -0.1) is 0 Å². The van der Waals surface area contributed by atoms with Crippen molar-refractivity contribution in [1.82, 2.24) is 5.32 Å². The van der Waals surface area contributed by atoms with E-state index >= 15 is 0 Å². The minimum Gasteiger partial charge on any atom is -0.467 e. The fourth-order valence-corrected chi connectivity index (χ4v) is 1.16. The van der Waals surface area contributed by atoms with Crippen molar-refractivity contribution in [3.05, 3.63) is 0 Å². The third-order valence-corrected chi connectivity index (χ3v) is 2.02. The number of hydrogen-bond donors (Lipinski definition) is 1. The van der Waals surface area contributed by atoms with Crippen molar-refractivity contribution in [2.24, 2.45) is 5.92 Å². The topological polar surface area (TPSA) is 55.4 Å². The van der Waals surface area contributed by atoms with Gasteiger partial charge in [0.2, 0.25) is 5.91 Å². The molecule has 0 fully saturated rings. The summed E-state index contributed by atoms with van der Waals surface area (Å²) in [6.45, 7) is 10.1. The molecule has 5 heteroatoms. The van der Waals surface area contributed by atoms with E-state index in [1.54, 1.807) is 13.8 Å². The van der Waals surface area contributed by atoms with Gasteiger partial charge in [-0.1, -0.05) is 27.7 Å². The summed E-state index contributed by atoms with van der Waals surface area (Å²) in [6, 6.07) is -0.931. The maximum Gasteiger partial charge on any atom is 0.328 e. The fraction of sp³-hybridized carbons (Fsp3) is 0.846. The second-order valence-electron chi connectivity index (χ2n) is 4.66. The van der Waals surface area contributed by atoms with Crippen LogP contribution < -0.4 is 5.32 Å². The van der Waals surface area contributed by atoms with Crippen molar-refractivity contribution in [2.45, 2.75) is 59.7 Å². The first-order valence-electron chi connectivity index (χ1n) is 6.24. The Morgan fingerprint density at radius 2 is 1.72 bits per heavy atom. The average molecular weight is 263 g/mol. The smallest absolute Gasteiger partial charge is 0.328 e. The molecule has 0 saturated carbocycles. The first-order chi connectivity index (χ1) is 8.17. The normalized spacial score (nSPS) is 12.3. The molecule has 0 aromatic heterocycles. The molecule has 0 bridgehead atoms. The first kappa shape index (κ1) is 19.2. The molecular formula is C13H26FNO3. The molecular weight excluding hydrogens is 237 g/mol. The maximum atomic E-state index is 13.4. The second-order valence-corrected chi connectivity index (χ2v) is 4.66. The van der Waals surface area contributed by atoms with Crippen molar-refractivity contribution in [3.8, 4) is 0 Å². The highest BCUT2D eigenvalue weighted by atomic mass is 19.1. The molecule has 0 aliphatic carbocycles. The lowest BCUT2D eigenvalue weighted by molar-refractivity contribution is -0.146. The fourth-order valence-electron chi connectivity index (χ4n) is 1.16. The number of alkyl halides is 1. The van der Waals surface area contributed by atoms with Crippen LogP contribution in [0.3, 0.4) is 0 Å². The lowest BCUT2D eigenvalue weighted by Crippen LogP contribution is -2.46. The minimum atomic E-state index is -1.54. The van der Waals surface area contributed by atoms with Gasteiger partial charge in [-0.05, 0) is 13.8 Å². The quantitative estimate of drug-likeness (QED) is 0.775. The number of rotatable bonds is 5. The monoisotopic (exact) mass is 263 g/mol. The van der Waals surface area contributed by atoms with E-state index in [-0.39, 0.29) is 18.2 Å². The summed E-state index contributed by atoms with van der Waals surface area (Å²) in [6.07, 6.45) is -0.0991. The van der Waals surface area contributed by atoms with Crippen LogP contribution in [-0.2, 0) is 14.3 Å². The summed E-state index contributed by atoms with van der Waals surface area (Å²) in [4.78, 5) is 22.8. The van der Waals surface area contributed by atoms with E-state index < -0.39 is 17.7 Å². The summed E-state index contributed by atoms with van der Waals surface area (Å²) in [5.41, 5.74) is -1.54. The number of amides is 1. The molecule has 1 unspecified atom stereocenters. The highest BCUT2D eigenvalue weighted by molar-refractivity contribution is 5.85. The molecule has 1 N–H and O–H groups in total. The number of ether oxygens (including phenoxy) is 1. The van der Waals surface area contributed by atoms with E-state index in [0.29, 0.717) is 0 Å². The largest absolute Gasteiger partial charge is 0.467 e. The molecule has 1 amide bonds. The second kappa shape index (κ2) is 8.89. The van der Waals surface area contributed by atoms with Crippen molar-refractivity contribution < 1.29 is 18.7 Å². The molecule has 0 aromatic carbocycles. The summed E-state index contributed by atoms with van der Waals surface area (Å²) in [5, 5.41) is 2.47. The molecule has 0 aliphatic heterocycles. The van der Waals surface area contributed by atoms with Crippen LogP contribution in [0.1, 0.15) is 48.0 Å². The number of carbonyl (C=O) groups excluding carboxylic acids is 2. The van der Waals surface area contributed by atoms with E-state index in [2.05, 4.69) is 10.1 Å². The third kappa shape index (κ3) is 8.96. The van der Waals surface area contributed by atoms with Gasteiger partial charge in [-0.25, -0.2) is 9.18 Å². The Balaban J connectivity index is 0. The number of halogens is 1. The molecule has 0 radical (unpaired) electrons. The lowest BCUT2D eigenvalue weighted by atomic mass is 10.0. The van der Waals surface area contributed by atoms with Crippen LogP contribution in [0.5, 0.6) is 0 Å². The van der Waals surface area contributed by atoms with Crippen LogP contribution in [-0.4, -0.2) is 30.7 Å². The molecule has 0 rings (SSSR count). The van der Waals surface area contributed by atoms with Crippen LogP contribution in [0, 0.1) is 5.92 Å². The standard InChI is InChI=1S/C11H20FNO3.C2H6/c1-7(2)9(14)13-8(10(15)16-5)6-11(3,4)12;1-2/h7-8H,6H2,1-5H3,(H,13,14);1-2H3. The van der Waals surface area contributed by atoms with E-state index in [1.165, 1.54) is 21.0 Å². The van der Waals surface area contributed by atoms with Gasteiger partial charge in [-0.2, -0.15) is 0 Å². The van der Waals surface area contributed by atoms with Gasteiger partial charge in [0.05, 0.1) is 7.11 Å². The summed E-state index contributed by atoms with van der Waals surface area (Å²) in [5.74, 6) is -1.17. The highest BCUT2D eigenvalue weighted by Gasteiger charge is 2.30. The van der Waals surface area contributed by atoms with Crippen molar-refractivity contribution in [3.63, 3.8) is 0 Å². The Morgan fingerprint density at radius 1 is 1.28 bits per heavy atom. The zero-order valence-corrected chi connectivity index (χ0v) is 12.5. The molecule has 4 nitrogen and oxygen atoms in total. The number of methoxy groups -OCH3 is 1. The number of nitrogens with one attached hydrogen (secondary N) is 1. The van der Waals surface area contributed by atoms with Crippen LogP contribution in [0.25, 0.3) is 0 Å². The summed E-state index contributed by atoms with van der Waals surface area (Å²) in [7, 11) is 1.21. The van der Waals surface area contributed by atoms with Crippen LogP contribution in [0.15, 0.2) is 0 Å². The Labute approximate surface area is 109 Å². The summed E-state index contributed by atoms with van der Waals surface area (Å²) < 4.78 is 17.9. The van der Waals surface area contributed by atoms with Crippen molar-refractivity contribution in [1.29, 1.82) is 0 Å². The van der Waals surface area contributed by atoms with Crippen LogP contribution >= 0.6 is 0 Å². The van der Waals surface area contributed by atoms with Gasteiger partial charge in [0.15, 0.2) is 0 Å². The maximum absolute atomic E-state index is 13.4. The first-order valence-corrected chi connectivity index (χ1v) is 6.24. The highest BCUT2D eigenvalue weighted by Crippen LogP contribution is 2.17. The number of carbonyl (C=O) groups is 2. The molecule has 18 heavy (non-hydrogen) atoms. The van der Waals surface area contributed by atoms with Gasteiger partial charge in [-0.3, -0.25) is 4.79 Å². The molecule has 0 heterocycles. The molecule has 0 saturated heterocycles. The predicted octanol–water partition coefficient (Wildman–Crippen LogP) is 2.46. The average Bonchev–Trinajstić information content (AvgIpc) is 2.27. The molecule has 1 atom stereocenters. The molecule has 0 aliphatic rings. The molecule has 108 valence electrons. The molecule has 0 aromatic rings. The van der Waals surface area contributed by atoms with E-state index in [0.717, 1.165) is 0 Å². The Kier molecular flexibility index (Phi) is 9.49. The zero-order valence-electron chi connectivity index (χ0n) is 12.5. The third-order valence-electron chi connectivity index (χ3n) is 2.02. The predicted molar refractivity (Wildman–Crippen MR) is 69.9 cm³/mol. The Morgan fingerprint density at radius 3 is 2.00 bits per heavy atom. The molecule has 0 spiro atoms. The summed E-state index contributed by atoms with van der Waals surface area (Å²) >= 11 is 0. The number of esters is 1. The van der Waals surface area contributed by atoms with Gasteiger partial charge in [0.25, 0.3) is 0 Å². The van der Waals surface area contributed by atoms with Gasteiger partial charge < -0.3 is 10.1 Å². The van der Waals surface area contributed by atoms with E-state index in [4.69, 9.17) is 0 Å². The zero-order chi connectivity index (χ0) is 14.9. The lowest BCUT2D eigenvalue weighted by Gasteiger charge is -2.22. The van der Waals surface area contributed by atoms with Gasteiger partial charge in [0, 0.05) is 12.3 Å².